The van der Waals surface area contributed by atoms with Crippen molar-refractivity contribution in [2.24, 2.45) is 0 Å². The van der Waals surface area contributed by atoms with Crippen molar-refractivity contribution < 1.29 is 44.3 Å². The molecule has 2 heterocycles. The van der Waals surface area contributed by atoms with Crippen LogP contribution in [0.4, 0.5) is 26.3 Å². The molecule has 1 saturated carbocycles. The number of ether oxygens (including phenoxy) is 1. The Kier molecular flexibility index (Phi) is 7.55. The maximum absolute atomic E-state index is 14.5. The monoisotopic (exact) mass is 551 g/mol. The summed E-state index contributed by atoms with van der Waals surface area (Å²) in [6.45, 7) is 0.921. The Morgan fingerprint density at radius 3 is 2.43 bits per heavy atom. The highest BCUT2D eigenvalue weighted by Crippen LogP contribution is 2.41. The minimum Gasteiger partial charge on any atom is -0.351 e. The fourth-order valence-corrected chi connectivity index (χ4v) is 6.35. The lowest BCUT2D eigenvalue weighted by molar-refractivity contribution is -0.351. The van der Waals surface area contributed by atoms with Gasteiger partial charge >= 0.3 is 6.36 Å². The molecule has 1 saturated heterocycles. The number of amides is 1. The molecule has 4 rings (SSSR count). The molecule has 0 spiro atoms. The van der Waals surface area contributed by atoms with Gasteiger partial charge in [0.05, 0.1) is 23.2 Å². The third-order valence-electron chi connectivity index (χ3n) is 6.59. The fraction of sp³-hybridized carbons (Fsp3) is 0.478. The zero-order valence-corrected chi connectivity index (χ0v) is 20.2. The number of hydrogen-bond acceptors (Lipinski definition) is 5. The van der Waals surface area contributed by atoms with Gasteiger partial charge in [0.1, 0.15) is 23.8 Å². The average Bonchev–Trinajstić information content (AvgIpc) is 3.10. The summed E-state index contributed by atoms with van der Waals surface area (Å²) in [6, 6.07) is 2.58. The van der Waals surface area contributed by atoms with E-state index < -0.39 is 64.7 Å². The summed E-state index contributed by atoms with van der Waals surface area (Å²) in [6.07, 6.45) is -6.89. The van der Waals surface area contributed by atoms with Gasteiger partial charge in [0.2, 0.25) is 15.9 Å². The van der Waals surface area contributed by atoms with E-state index in [0.717, 1.165) is 34.8 Å². The smallest absolute Gasteiger partial charge is 0.351 e. The molecule has 2 fully saturated rings. The van der Waals surface area contributed by atoms with Gasteiger partial charge in [0, 0.05) is 30.1 Å². The van der Waals surface area contributed by atoms with Crippen molar-refractivity contribution in [3.8, 4) is 0 Å². The second kappa shape index (κ2) is 10.2. The van der Waals surface area contributed by atoms with Crippen LogP contribution in [0.2, 0.25) is 0 Å². The number of nitrogens with one attached hydrogen (secondary N) is 1. The number of alkyl halides is 4. The van der Waals surface area contributed by atoms with Crippen LogP contribution in [-0.4, -0.2) is 54.3 Å². The molecule has 1 aliphatic heterocycles. The normalized spacial score (nSPS) is 26.6. The average molecular weight is 552 g/mol. The van der Waals surface area contributed by atoms with E-state index in [2.05, 4.69) is 15.0 Å². The first-order chi connectivity index (χ1) is 17.3. The second-order valence-corrected chi connectivity index (χ2v) is 10.9. The van der Waals surface area contributed by atoms with Crippen molar-refractivity contribution in [3.05, 3.63) is 59.4 Å². The van der Waals surface area contributed by atoms with E-state index in [4.69, 9.17) is 0 Å². The number of rotatable bonds is 7. The van der Waals surface area contributed by atoms with E-state index in [1.54, 1.807) is 0 Å². The van der Waals surface area contributed by atoms with Gasteiger partial charge in [-0.2, -0.15) is 4.31 Å². The van der Waals surface area contributed by atoms with Crippen LogP contribution in [0, 0.1) is 11.6 Å². The van der Waals surface area contributed by atoms with Gasteiger partial charge in [-0.1, -0.05) is 0 Å². The van der Waals surface area contributed by atoms with Crippen LogP contribution in [0.15, 0.2) is 41.4 Å². The Balaban J connectivity index is 1.45. The van der Waals surface area contributed by atoms with Crippen LogP contribution in [0.5, 0.6) is 0 Å². The molecule has 0 bridgehead atoms. The number of carbonyl (C=O) groups is 1. The van der Waals surface area contributed by atoms with Crippen LogP contribution in [0.25, 0.3) is 0 Å². The molecular weight excluding hydrogens is 528 g/mol. The molecule has 3 atom stereocenters. The van der Waals surface area contributed by atoms with Gasteiger partial charge in [-0.15, -0.1) is 13.2 Å². The van der Waals surface area contributed by atoms with Gasteiger partial charge in [0.15, 0.2) is 0 Å². The Bertz CT molecular complexity index is 1250. The molecule has 1 aromatic heterocycles. The standard InChI is InChI=1S/C23H23F6N3O4S/c1-12-18(25)9-21(32(12)37(34,35)17-4-2-15(24)3-5-17)22(33)31-10-14-8-20(30-11-19(14)26)13-6-16(7-13)36-23(27,28)29/h2-5,8,11-13,16,18,21H,6-7,9-10H2,1H3,(H,31,33). The maximum atomic E-state index is 14.5. The molecule has 2 aliphatic rings. The molecule has 14 heteroatoms. The first kappa shape index (κ1) is 27.3. The van der Waals surface area contributed by atoms with Crippen LogP contribution in [0.1, 0.15) is 43.4 Å². The highest BCUT2D eigenvalue weighted by atomic mass is 32.2. The van der Waals surface area contributed by atoms with E-state index in [1.807, 2.05) is 0 Å². The first-order valence-corrected chi connectivity index (χ1v) is 12.8. The predicted octanol–water partition coefficient (Wildman–Crippen LogP) is 3.95. The van der Waals surface area contributed by atoms with E-state index in [0.29, 0.717) is 5.69 Å². The molecule has 3 unspecified atom stereocenters. The lowest BCUT2D eigenvalue weighted by atomic mass is 9.79. The number of sulfonamides is 1. The van der Waals surface area contributed by atoms with Crippen molar-refractivity contribution in [3.63, 3.8) is 0 Å². The van der Waals surface area contributed by atoms with Gasteiger partial charge in [-0.25, -0.2) is 21.6 Å². The minimum absolute atomic E-state index is 0.0191. The summed E-state index contributed by atoms with van der Waals surface area (Å²) >= 11 is 0. The number of hydrogen-bond donors (Lipinski definition) is 1. The van der Waals surface area contributed by atoms with Crippen molar-refractivity contribution in [1.29, 1.82) is 0 Å². The van der Waals surface area contributed by atoms with Crippen molar-refractivity contribution >= 4 is 15.9 Å². The lowest BCUT2D eigenvalue weighted by Crippen LogP contribution is -2.48. The van der Waals surface area contributed by atoms with Crippen LogP contribution in [0.3, 0.4) is 0 Å². The maximum Gasteiger partial charge on any atom is 0.522 e. The Morgan fingerprint density at radius 2 is 1.81 bits per heavy atom. The van der Waals surface area contributed by atoms with E-state index >= 15 is 0 Å². The number of benzene rings is 1. The lowest BCUT2D eigenvalue weighted by Gasteiger charge is -2.35. The molecule has 2 aromatic rings. The number of pyridine rings is 1. The van der Waals surface area contributed by atoms with E-state index in [-0.39, 0.29) is 35.8 Å². The number of nitrogens with zero attached hydrogens (tertiary/aromatic N) is 2. The highest BCUT2D eigenvalue weighted by molar-refractivity contribution is 7.89. The zero-order chi connectivity index (χ0) is 27.1. The SMILES string of the molecule is CC1C(F)CC(C(=O)NCc2cc(C3CC(OC(F)(F)F)C3)ncc2F)N1S(=O)(=O)c1ccc(F)cc1. The highest BCUT2D eigenvalue weighted by Gasteiger charge is 2.49. The van der Waals surface area contributed by atoms with Gasteiger partial charge in [-0.3, -0.25) is 14.5 Å². The molecule has 7 nitrogen and oxygen atoms in total. The second-order valence-electron chi connectivity index (χ2n) is 9.07. The zero-order valence-electron chi connectivity index (χ0n) is 19.4. The third kappa shape index (κ3) is 5.91. The Morgan fingerprint density at radius 1 is 1.16 bits per heavy atom. The predicted molar refractivity (Wildman–Crippen MR) is 117 cm³/mol. The number of aromatic nitrogens is 1. The molecule has 0 radical (unpaired) electrons. The molecule has 1 aromatic carbocycles. The van der Waals surface area contributed by atoms with Crippen LogP contribution >= 0.6 is 0 Å². The molecule has 1 amide bonds. The summed E-state index contributed by atoms with van der Waals surface area (Å²) in [5.41, 5.74) is 0.306. The van der Waals surface area contributed by atoms with E-state index in [1.165, 1.54) is 13.0 Å². The quantitative estimate of drug-likeness (QED) is 0.527. The molecular formula is C23H23F6N3O4S. The number of carbonyl (C=O) groups excluding carboxylic acids is 1. The molecule has 1 aliphatic carbocycles. The van der Waals surface area contributed by atoms with Crippen LogP contribution < -0.4 is 5.32 Å². The Hall–Kier alpha value is -2.71. The van der Waals surface area contributed by atoms with Crippen molar-refractivity contribution in [1.82, 2.24) is 14.6 Å². The summed E-state index contributed by atoms with van der Waals surface area (Å²) in [5, 5.41) is 2.41. The third-order valence-corrected chi connectivity index (χ3v) is 8.60. The van der Waals surface area contributed by atoms with Gasteiger partial charge < -0.3 is 5.32 Å². The molecule has 1 N–H and O–H groups in total. The summed E-state index contributed by atoms with van der Waals surface area (Å²) in [5.74, 6) is -2.71. The van der Waals surface area contributed by atoms with Gasteiger partial charge in [0.25, 0.3) is 0 Å². The van der Waals surface area contributed by atoms with Crippen LogP contribution in [-0.2, 0) is 26.1 Å². The molecule has 202 valence electrons. The summed E-state index contributed by atoms with van der Waals surface area (Å²) in [4.78, 5) is 16.5. The number of halogens is 6. The van der Waals surface area contributed by atoms with Gasteiger partial charge in [-0.05, 0) is 50.1 Å². The summed E-state index contributed by atoms with van der Waals surface area (Å²) in [7, 11) is -4.37. The van der Waals surface area contributed by atoms with E-state index in [9.17, 15) is 39.6 Å². The Labute approximate surface area is 208 Å². The van der Waals surface area contributed by atoms with Crippen molar-refractivity contribution in [2.45, 2.75) is 74.3 Å². The summed E-state index contributed by atoms with van der Waals surface area (Å²) < 4.78 is 110. The van der Waals surface area contributed by atoms with Crippen molar-refractivity contribution in [2.75, 3.05) is 0 Å². The minimum atomic E-state index is -4.75. The molecule has 37 heavy (non-hydrogen) atoms. The topological polar surface area (TPSA) is 88.6 Å². The first-order valence-electron chi connectivity index (χ1n) is 11.4. The fourth-order valence-electron chi connectivity index (χ4n) is 4.54. The largest absolute Gasteiger partial charge is 0.522 e.